The van der Waals surface area contributed by atoms with Crippen LogP contribution in [0.1, 0.15) is 28.8 Å². The lowest BCUT2D eigenvalue weighted by Crippen LogP contribution is -2.38. The number of hydrogen-bond acceptors (Lipinski definition) is 5. The number of anilines is 1. The van der Waals surface area contributed by atoms with Gasteiger partial charge in [-0.1, -0.05) is 6.07 Å². The van der Waals surface area contributed by atoms with E-state index < -0.39 is 16.3 Å². The van der Waals surface area contributed by atoms with E-state index in [0.29, 0.717) is 24.2 Å². The first-order valence-electron chi connectivity index (χ1n) is 7.84. The number of carbonyl (C=O) groups is 1. The average Bonchev–Trinajstić information content (AvgIpc) is 2.56. The van der Waals surface area contributed by atoms with Crippen molar-refractivity contribution in [3.8, 4) is 0 Å². The SMILES string of the molecule is COC(CNC(=O)c1ccc(C)c(N2CCCCS2(=O)=O)c1)OC. The number of ether oxygens (including phenoxy) is 2. The highest BCUT2D eigenvalue weighted by Crippen LogP contribution is 2.27. The number of amides is 1. The summed E-state index contributed by atoms with van der Waals surface area (Å²) in [6.07, 6.45) is 0.965. The van der Waals surface area contributed by atoms with E-state index in [9.17, 15) is 13.2 Å². The van der Waals surface area contributed by atoms with Crippen molar-refractivity contribution in [3.05, 3.63) is 29.3 Å². The van der Waals surface area contributed by atoms with Crippen molar-refractivity contribution >= 4 is 21.6 Å². The number of methoxy groups -OCH3 is 2. The Morgan fingerprint density at radius 1 is 1.29 bits per heavy atom. The predicted molar refractivity (Wildman–Crippen MR) is 91.7 cm³/mol. The second-order valence-electron chi connectivity index (χ2n) is 5.71. The van der Waals surface area contributed by atoms with Gasteiger partial charge in [0, 0.05) is 26.3 Å². The summed E-state index contributed by atoms with van der Waals surface area (Å²) >= 11 is 0. The summed E-state index contributed by atoms with van der Waals surface area (Å²) in [4.78, 5) is 12.3. The number of nitrogens with zero attached hydrogens (tertiary/aromatic N) is 1. The highest BCUT2D eigenvalue weighted by Gasteiger charge is 2.27. The van der Waals surface area contributed by atoms with E-state index in [1.165, 1.54) is 18.5 Å². The monoisotopic (exact) mass is 356 g/mol. The number of rotatable bonds is 6. The number of hydrogen-bond donors (Lipinski definition) is 1. The van der Waals surface area contributed by atoms with E-state index in [1.807, 2.05) is 6.92 Å². The van der Waals surface area contributed by atoms with Crippen LogP contribution in [-0.4, -0.2) is 53.7 Å². The highest BCUT2D eigenvalue weighted by atomic mass is 32.2. The van der Waals surface area contributed by atoms with Gasteiger partial charge in [0.2, 0.25) is 10.0 Å². The van der Waals surface area contributed by atoms with Gasteiger partial charge in [0.1, 0.15) is 0 Å². The van der Waals surface area contributed by atoms with Crippen molar-refractivity contribution in [1.82, 2.24) is 5.32 Å². The summed E-state index contributed by atoms with van der Waals surface area (Å²) in [7, 11) is -0.330. The zero-order chi connectivity index (χ0) is 17.7. The fourth-order valence-electron chi connectivity index (χ4n) is 2.62. The van der Waals surface area contributed by atoms with Gasteiger partial charge >= 0.3 is 0 Å². The molecule has 1 aliphatic heterocycles. The Kier molecular flexibility index (Phi) is 6.20. The summed E-state index contributed by atoms with van der Waals surface area (Å²) in [6, 6.07) is 5.07. The quantitative estimate of drug-likeness (QED) is 0.776. The molecule has 0 unspecified atom stereocenters. The molecule has 134 valence electrons. The molecule has 1 N–H and O–H groups in total. The zero-order valence-corrected chi connectivity index (χ0v) is 15.1. The van der Waals surface area contributed by atoms with Crippen LogP contribution in [0.3, 0.4) is 0 Å². The number of aryl methyl sites for hydroxylation is 1. The molecule has 2 rings (SSSR count). The Labute approximate surface area is 143 Å². The second-order valence-corrected chi connectivity index (χ2v) is 7.72. The topological polar surface area (TPSA) is 84.9 Å². The van der Waals surface area contributed by atoms with Crippen LogP contribution in [0, 0.1) is 6.92 Å². The molecule has 0 spiro atoms. The molecule has 1 amide bonds. The van der Waals surface area contributed by atoms with E-state index in [-0.39, 0.29) is 18.2 Å². The van der Waals surface area contributed by atoms with Gasteiger partial charge in [0.15, 0.2) is 6.29 Å². The number of sulfonamides is 1. The Hall–Kier alpha value is -1.64. The molecule has 24 heavy (non-hydrogen) atoms. The first kappa shape index (κ1) is 18.7. The van der Waals surface area contributed by atoms with Crippen LogP contribution in [-0.2, 0) is 19.5 Å². The fourth-order valence-corrected chi connectivity index (χ4v) is 4.31. The molecule has 0 radical (unpaired) electrons. The third-order valence-corrected chi connectivity index (χ3v) is 5.90. The van der Waals surface area contributed by atoms with Crippen molar-refractivity contribution in [1.29, 1.82) is 0 Å². The summed E-state index contributed by atoms with van der Waals surface area (Å²) < 4.78 is 36.1. The minimum absolute atomic E-state index is 0.145. The summed E-state index contributed by atoms with van der Waals surface area (Å²) in [5.74, 6) is -0.156. The summed E-state index contributed by atoms with van der Waals surface area (Å²) in [6.45, 7) is 2.49. The van der Waals surface area contributed by atoms with Crippen LogP contribution >= 0.6 is 0 Å². The van der Waals surface area contributed by atoms with E-state index >= 15 is 0 Å². The van der Waals surface area contributed by atoms with E-state index in [4.69, 9.17) is 9.47 Å². The van der Waals surface area contributed by atoms with Gasteiger partial charge in [-0.05, 0) is 37.5 Å². The lowest BCUT2D eigenvalue weighted by atomic mass is 10.1. The maximum absolute atomic E-state index is 12.3. The molecule has 0 saturated carbocycles. The van der Waals surface area contributed by atoms with Gasteiger partial charge < -0.3 is 14.8 Å². The molecule has 1 aliphatic rings. The molecule has 1 fully saturated rings. The minimum Gasteiger partial charge on any atom is -0.354 e. The third kappa shape index (κ3) is 4.25. The lowest BCUT2D eigenvalue weighted by Gasteiger charge is -2.29. The Bertz CT molecular complexity index is 686. The van der Waals surface area contributed by atoms with Gasteiger partial charge in [-0.3, -0.25) is 9.10 Å². The van der Waals surface area contributed by atoms with Crippen LogP contribution < -0.4 is 9.62 Å². The normalized spacial score (nSPS) is 17.1. The minimum atomic E-state index is -3.31. The van der Waals surface area contributed by atoms with Crippen molar-refractivity contribution in [2.24, 2.45) is 0 Å². The molecule has 0 atom stereocenters. The van der Waals surface area contributed by atoms with Crippen LogP contribution in [0.2, 0.25) is 0 Å². The fraction of sp³-hybridized carbons (Fsp3) is 0.562. The molecule has 0 bridgehead atoms. The van der Waals surface area contributed by atoms with Crippen molar-refractivity contribution in [3.63, 3.8) is 0 Å². The van der Waals surface area contributed by atoms with E-state index in [1.54, 1.807) is 18.2 Å². The molecule has 1 aromatic carbocycles. The molecular formula is C16H24N2O5S. The molecule has 0 aromatic heterocycles. The molecule has 1 heterocycles. The van der Waals surface area contributed by atoms with Crippen LogP contribution in [0.4, 0.5) is 5.69 Å². The number of carbonyl (C=O) groups excluding carboxylic acids is 1. The Morgan fingerprint density at radius 2 is 2.00 bits per heavy atom. The van der Waals surface area contributed by atoms with Crippen molar-refractivity contribution in [2.45, 2.75) is 26.1 Å². The largest absolute Gasteiger partial charge is 0.354 e. The zero-order valence-electron chi connectivity index (χ0n) is 14.2. The predicted octanol–water partition coefficient (Wildman–Crippen LogP) is 1.27. The van der Waals surface area contributed by atoms with Gasteiger partial charge in [-0.2, -0.15) is 0 Å². The average molecular weight is 356 g/mol. The number of nitrogens with one attached hydrogen (secondary N) is 1. The first-order valence-corrected chi connectivity index (χ1v) is 9.45. The van der Waals surface area contributed by atoms with Crippen LogP contribution in [0.25, 0.3) is 0 Å². The van der Waals surface area contributed by atoms with Crippen LogP contribution in [0.15, 0.2) is 18.2 Å². The van der Waals surface area contributed by atoms with Gasteiger partial charge in [0.25, 0.3) is 5.91 Å². The van der Waals surface area contributed by atoms with Crippen molar-refractivity contribution in [2.75, 3.05) is 37.4 Å². The van der Waals surface area contributed by atoms with Gasteiger partial charge in [-0.15, -0.1) is 0 Å². The van der Waals surface area contributed by atoms with Gasteiger partial charge in [-0.25, -0.2) is 8.42 Å². The standard InChI is InChI=1S/C16H24N2O5S/c1-12-6-7-13(16(19)17-11-15(22-2)23-3)10-14(12)18-8-4-5-9-24(18,20)21/h6-7,10,15H,4-5,8-9,11H2,1-3H3,(H,17,19). The van der Waals surface area contributed by atoms with E-state index in [0.717, 1.165) is 12.0 Å². The van der Waals surface area contributed by atoms with Crippen LogP contribution in [0.5, 0.6) is 0 Å². The number of benzene rings is 1. The Balaban J connectivity index is 2.20. The summed E-state index contributed by atoms with van der Waals surface area (Å²) in [5, 5.41) is 2.71. The van der Waals surface area contributed by atoms with E-state index in [2.05, 4.69) is 5.32 Å². The highest BCUT2D eigenvalue weighted by molar-refractivity contribution is 7.92. The van der Waals surface area contributed by atoms with Gasteiger partial charge in [0.05, 0.1) is 18.0 Å². The molecular weight excluding hydrogens is 332 g/mol. The molecule has 8 heteroatoms. The van der Waals surface area contributed by atoms with Crippen molar-refractivity contribution < 1.29 is 22.7 Å². The maximum atomic E-state index is 12.3. The molecule has 0 aliphatic carbocycles. The molecule has 1 saturated heterocycles. The Morgan fingerprint density at radius 3 is 2.62 bits per heavy atom. The smallest absolute Gasteiger partial charge is 0.251 e. The second kappa shape index (κ2) is 7.96. The summed E-state index contributed by atoms with van der Waals surface area (Å²) in [5.41, 5.74) is 1.79. The molecule has 1 aromatic rings. The maximum Gasteiger partial charge on any atom is 0.251 e. The molecule has 7 nitrogen and oxygen atoms in total. The first-order chi connectivity index (χ1) is 11.4. The third-order valence-electron chi connectivity index (χ3n) is 4.04. The lowest BCUT2D eigenvalue weighted by molar-refractivity contribution is -0.0974.